The van der Waals surface area contributed by atoms with Crippen molar-refractivity contribution in [1.29, 1.82) is 0 Å². The number of fused-ring (bicyclic) bond motifs is 1. The first-order valence-corrected chi connectivity index (χ1v) is 7.90. The van der Waals surface area contributed by atoms with Gasteiger partial charge in [-0.1, -0.05) is 38.1 Å². The minimum atomic E-state index is -0.100. The quantitative estimate of drug-likeness (QED) is 0.769. The normalized spacial score (nSPS) is 11.1. The van der Waals surface area contributed by atoms with Crippen molar-refractivity contribution in [3.05, 3.63) is 64.4 Å². The van der Waals surface area contributed by atoms with Crippen molar-refractivity contribution in [3.8, 4) is 16.9 Å². The fraction of sp³-hybridized carbons (Fsp3) is 0.250. The van der Waals surface area contributed by atoms with Crippen LogP contribution in [0, 0.1) is 12.8 Å². The Morgan fingerprint density at radius 2 is 1.83 bits per heavy atom. The molecule has 3 nitrogen and oxygen atoms in total. The Balaban J connectivity index is 2.13. The third kappa shape index (κ3) is 3.29. The molecule has 0 saturated carbocycles. The number of ether oxygens (including phenoxy) is 1. The van der Waals surface area contributed by atoms with E-state index in [1.165, 1.54) is 0 Å². The number of rotatable bonds is 4. The minimum Gasteiger partial charge on any atom is -0.493 e. The van der Waals surface area contributed by atoms with Crippen LogP contribution in [-0.2, 0) is 0 Å². The second-order valence-electron chi connectivity index (χ2n) is 6.27. The van der Waals surface area contributed by atoms with Gasteiger partial charge in [0.05, 0.1) is 12.1 Å². The van der Waals surface area contributed by atoms with E-state index in [9.17, 15) is 4.79 Å². The van der Waals surface area contributed by atoms with E-state index in [-0.39, 0.29) is 5.56 Å². The van der Waals surface area contributed by atoms with E-state index in [2.05, 4.69) is 31.8 Å². The summed E-state index contributed by atoms with van der Waals surface area (Å²) in [5.41, 5.74) is 3.89. The zero-order valence-corrected chi connectivity index (χ0v) is 13.7. The van der Waals surface area contributed by atoms with Gasteiger partial charge in [0.15, 0.2) is 0 Å². The van der Waals surface area contributed by atoms with Gasteiger partial charge in [-0.15, -0.1) is 0 Å². The molecule has 0 aliphatic heterocycles. The molecule has 0 atom stereocenters. The highest BCUT2D eigenvalue weighted by atomic mass is 16.5. The van der Waals surface area contributed by atoms with Crippen LogP contribution in [0.25, 0.3) is 22.0 Å². The van der Waals surface area contributed by atoms with Gasteiger partial charge in [0, 0.05) is 17.5 Å². The Morgan fingerprint density at radius 3 is 2.57 bits per heavy atom. The molecule has 0 aliphatic carbocycles. The van der Waals surface area contributed by atoms with Crippen molar-refractivity contribution in [2.45, 2.75) is 20.8 Å². The molecule has 3 aromatic rings. The van der Waals surface area contributed by atoms with Gasteiger partial charge in [-0.2, -0.15) is 0 Å². The van der Waals surface area contributed by atoms with Crippen LogP contribution in [0.5, 0.6) is 5.75 Å². The van der Waals surface area contributed by atoms with Crippen LogP contribution in [0.3, 0.4) is 0 Å². The molecule has 0 spiro atoms. The SMILES string of the molecule is Cc1ccccc1-c1cc(=O)[nH]c2cc(OCC(C)C)ccc12. The predicted octanol–water partition coefficient (Wildman–Crippen LogP) is 4.54. The fourth-order valence-corrected chi connectivity index (χ4v) is 2.69. The van der Waals surface area contributed by atoms with Gasteiger partial charge in [0.1, 0.15) is 5.75 Å². The zero-order chi connectivity index (χ0) is 16.4. The maximum Gasteiger partial charge on any atom is 0.249 e. The number of aromatic nitrogens is 1. The molecule has 1 heterocycles. The molecule has 0 amide bonds. The van der Waals surface area contributed by atoms with Gasteiger partial charge in [-0.3, -0.25) is 4.79 Å². The summed E-state index contributed by atoms with van der Waals surface area (Å²) in [6.45, 7) is 6.94. The van der Waals surface area contributed by atoms with E-state index < -0.39 is 0 Å². The molecular weight excluding hydrogens is 286 g/mol. The first-order valence-electron chi connectivity index (χ1n) is 7.90. The molecule has 3 rings (SSSR count). The summed E-state index contributed by atoms with van der Waals surface area (Å²) >= 11 is 0. The number of hydrogen-bond acceptors (Lipinski definition) is 2. The van der Waals surface area contributed by atoms with Crippen molar-refractivity contribution in [2.24, 2.45) is 5.92 Å². The van der Waals surface area contributed by atoms with E-state index in [1.807, 2.05) is 36.4 Å². The first-order chi connectivity index (χ1) is 11.0. The standard InChI is InChI=1S/C20H21NO2/c1-13(2)12-23-15-8-9-17-18(11-20(22)21-19(17)10-15)16-7-5-4-6-14(16)3/h4-11,13H,12H2,1-3H3,(H,21,22). The number of hydrogen-bond donors (Lipinski definition) is 1. The van der Waals surface area contributed by atoms with E-state index >= 15 is 0 Å². The molecule has 0 saturated heterocycles. The Morgan fingerprint density at radius 1 is 1.04 bits per heavy atom. The van der Waals surface area contributed by atoms with E-state index in [1.54, 1.807) is 6.07 Å². The molecule has 0 radical (unpaired) electrons. The highest BCUT2D eigenvalue weighted by molar-refractivity contribution is 5.95. The van der Waals surface area contributed by atoms with Crippen LogP contribution >= 0.6 is 0 Å². The molecule has 2 aromatic carbocycles. The Bertz CT molecular complexity index is 894. The molecule has 0 aliphatic rings. The lowest BCUT2D eigenvalue weighted by Gasteiger charge is -2.12. The smallest absolute Gasteiger partial charge is 0.249 e. The monoisotopic (exact) mass is 307 g/mol. The second-order valence-corrected chi connectivity index (χ2v) is 6.27. The molecule has 0 bridgehead atoms. The van der Waals surface area contributed by atoms with Gasteiger partial charge in [0.2, 0.25) is 5.56 Å². The third-order valence-corrected chi connectivity index (χ3v) is 3.83. The average molecular weight is 307 g/mol. The summed E-state index contributed by atoms with van der Waals surface area (Å²) in [6, 6.07) is 15.7. The van der Waals surface area contributed by atoms with Crippen LogP contribution in [0.1, 0.15) is 19.4 Å². The van der Waals surface area contributed by atoms with Crippen LogP contribution in [0.4, 0.5) is 0 Å². The van der Waals surface area contributed by atoms with Crippen molar-refractivity contribution >= 4 is 10.9 Å². The highest BCUT2D eigenvalue weighted by Gasteiger charge is 2.09. The van der Waals surface area contributed by atoms with Gasteiger partial charge < -0.3 is 9.72 Å². The van der Waals surface area contributed by atoms with Crippen molar-refractivity contribution < 1.29 is 4.74 Å². The number of aromatic amines is 1. The van der Waals surface area contributed by atoms with E-state index in [0.29, 0.717) is 12.5 Å². The Hall–Kier alpha value is -2.55. The summed E-state index contributed by atoms with van der Waals surface area (Å²) in [4.78, 5) is 15.0. The first kappa shape index (κ1) is 15.3. The molecule has 0 unspecified atom stereocenters. The number of pyridine rings is 1. The summed E-state index contributed by atoms with van der Waals surface area (Å²) in [6.07, 6.45) is 0. The minimum absolute atomic E-state index is 0.100. The maximum absolute atomic E-state index is 12.1. The molecule has 0 fully saturated rings. The van der Waals surface area contributed by atoms with Gasteiger partial charge in [-0.25, -0.2) is 0 Å². The summed E-state index contributed by atoms with van der Waals surface area (Å²) in [5.74, 6) is 1.24. The summed E-state index contributed by atoms with van der Waals surface area (Å²) in [7, 11) is 0. The lowest BCUT2D eigenvalue weighted by atomic mass is 9.97. The van der Waals surface area contributed by atoms with Crippen molar-refractivity contribution in [2.75, 3.05) is 6.61 Å². The van der Waals surface area contributed by atoms with E-state index in [4.69, 9.17) is 4.74 Å². The molecule has 118 valence electrons. The lowest BCUT2D eigenvalue weighted by molar-refractivity contribution is 0.271. The molecular formula is C20H21NO2. The highest BCUT2D eigenvalue weighted by Crippen LogP contribution is 2.30. The van der Waals surface area contributed by atoms with Crippen LogP contribution in [-0.4, -0.2) is 11.6 Å². The number of nitrogens with one attached hydrogen (secondary N) is 1. The summed E-state index contributed by atoms with van der Waals surface area (Å²) in [5, 5.41) is 1.02. The number of H-pyrrole nitrogens is 1. The Labute approximate surface area is 135 Å². The van der Waals surface area contributed by atoms with Gasteiger partial charge in [-0.05, 0) is 41.7 Å². The van der Waals surface area contributed by atoms with Crippen molar-refractivity contribution in [3.63, 3.8) is 0 Å². The Kier molecular flexibility index (Phi) is 4.20. The second kappa shape index (κ2) is 6.29. The molecule has 1 aromatic heterocycles. The largest absolute Gasteiger partial charge is 0.493 e. The summed E-state index contributed by atoms with van der Waals surface area (Å²) < 4.78 is 5.76. The maximum atomic E-state index is 12.1. The number of benzene rings is 2. The van der Waals surface area contributed by atoms with Crippen molar-refractivity contribution in [1.82, 2.24) is 4.98 Å². The third-order valence-electron chi connectivity index (χ3n) is 3.83. The predicted molar refractivity (Wildman–Crippen MR) is 95.1 cm³/mol. The molecule has 1 N–H and O–H groups in total. The number of aryl methyl sites for hydroxylation is 1. The lowest BCUT2D eigenvalue weighted by Crippen LogP contribution is -2.07. The van der Waals surface area contributed by atoms with Gasteiger partial charge >= 0.3 is 0 Å². The molecule has 23 heavy (non-hydrogen) atoms. The van der Waals surface area contributed by atoms with Gasteiger partial charge in [0.25, 0.3) is 0 Å². The topological polar surface area (TPSA) is 42.1 Å². The average Bonchev–Trinajstić information content (AvgIpc) is 2.52. The fourth-order valence-electron chi connectivity index (χ4n) is 2.69. The van der Waals surface area contributed by atoms with Crippen LogP contribution in [0.2, 0.25) is 0 Å². The zero-order valence-electron chi connectivity index (χ0n) is 13.7. The van der Waals surface area contributed by atoms with Crippen LogP contribution in [0.15, 0.2) is 53.3 Å². The molecule has 3 heteroatoms. The van der Waals surface area contributed by atoms with Crippen LogP contribution < -0.4 is 10.3 Å². The van der Waals surface area contributed by atoms with E-state index in [0.717, 1.165) is 33.3 Å².